The Morgan fingerprint density at radius 1 is 1.10 bits per heavy atom. The summed E-state index contributed by atoms with van der Waals surface area (Å²) in [5, 5.41) is 0.927. The van der Waals surface area contributed by atoms with Gasteiger partial charge >= 0.3 is 0 Å². The second-order valence-corrected chi connectivity index (χ2v) is 8.55. The van der Waals surface area contributed by atoms with Crippen molar-refractivity contribution >= 4 is 17.2 Å². The standard InChI is InChI=1S/C23H25N3O2S/c1-17-24-21(19-6-4-3-5-7-19)22(29-17)23(27)26-14-12-25(13-15-26)16-18-8-10-20(28-2)11-9-18/h3-11H,12-16H2,1-2H3/p+1. The third kappa shape index (κ3) is 4.49. The number of benzene rings is 2. The van der Waals surface area contributed by atoms with Gasteiger partial charge in [-0.25, -0.2) is 4.98 Å². The Balaban J connectivity index is 1.40. The molecule has 4 rings (SSSR count). The number of aromatic nitrogens is 1. The molecule has 0 spiro atoms. The number of carbonyl (C=O) groups excluding carboxylic acids is 1. The zero-order chi connectivity index (χ0) is 20.2. The molecule has 1 amide bonds. The van der Waals surface area contributed by atoms with Crippen LogP contribution >= 0.6 is 11.3 Å². The predicted octanol–water partition coefficient (Wildman–Crippen LogP) is 2.67. The van der Waals surface area contributed by atoms with E-state index in [-0.39, 0.29) is 5.91 Å². The Labute approximate surface area is 175 Å². The number of hydrogen-bond donors (Lipinski definition) is 1. The van der Waals surface area contributed by atoms with Gasteiger partial charge in [-0.05, 0) is 31.2 Å². The highest BCUT2D eigenvalue weighted by Gasteiger charge is 2.28. The maximum Gasteiger partial charge on any atom is 0.266 e. The lowest BCUT2D eigenvalue weighted by molar-refractivity contribution is -0.917. The first-order valence-corrected chi connectivity index (χ1v) is 10.7. The fourth-order valence-electron chi connectivity index (χ4n) is 3.74. The molecule has 29 heavy (non-hydrogen) atoms. The van der Waals surface area contributed by atoms with Gasteiger partial charge in [0.2, 0.25) is 0 Å². The molecule has 0 atom stereocenters. The monoisotopic (exact) mass is 408 g/mol. The maximum absolute atomic E-state index is 13.2. The Morgan fingerprint density at radius 2 is 1.79 bits per heavy atom. The number of thiazole rings is 1. The van der Waals surface area contributed by atoms with Crippen molar-refractivity contribution in [2.75, 3.05) is 33.3 Å². The molecule has 2 heterocycles. The highest BCUT2D eigenvalue weighted by molar-refractivity contribution is 7.14. The molecule has 1 saturated heterocycles. The third-order valence-corrected chi connectivity index (χ3v) is 6.31. The number of nitrogens with one attached hydrogen (secondary N) is 1. The van der Waals surface area contributed by atoms with Crippen LogP contribution in [0.2, 0.25) is 0 Å². The van der Waals surface area contributed by atoms with E-state index in [2.05, 4.69) is 17.1 Å². The lowest BCUT2D eigenvalue weighted by Crippen LogP contribution is -3.13. The van der Waals surface area contributed by atoms with Gasteiger partial charge < -0.3 is 14.5 Å². The maximum atomic E-state index is 13.2. The normalized spacial score (nSPS) is 14.8. The second kappa shape index (κ2) is 8.76. The second-order valence-electron chi connectivity index (χ2n) is 7.34. The molecule has 5 nitrogen and oxygen atoms in total. The van der Waals surface area contributed by atoms with Gasteiger partial charge in [-0.15, -0.1) is 11.3 Å². The zero-order valence-electron chi connectivity index (χ0n) is 16.9. The van der Waals surface area contributed by atoms with Crippen LogP contribution in [0, 0.1) is 6.92 Å². The van der Waals surface area contributed by atoms with Crippen molar-refractivity contribution in [3.8, 4) is 17.0 Å². The molecule has 0 saturated carbocycles. The average Bonchev–Trinajstić information content (AvgIpc) is 3.16. The lowest BCUT2D eigenvalue weighted by atomic mass is 10.1. The van der Waals surface area contributed by atoms with E-state index in [0.717, 1.165) is 59.6 Å². The number of methoxy groups -OCH3 is 1. The summed E-state index contributed by atoms with van der Waals surface area (Å²) in [5.41, 5.74) is 3.11. The van der Waals surface area contributed by atoms with Gasteiger partial charge in [-0.1, -0.05) is 30.3 Å². The molecule has 1 N–H and O–H groups in total. The molecule has 1 aromatic heterocycles. The van der Waals surface area contributed by atoms with Crippen molar-refractivity contribution in [3.05, 3.63) is 70.0 Å². The fourth-order valence-corrected chi connectivity index (χ4v) is 4.65. The summed E-state index contributed by atoms with van der Waals surface area (Å²) in [6, 6.07) is 18.2. The molecule has 1 aliphatic rings. The van der Waals surface area contributed by atoms with E-state index in [1.54, 1.807) is 7.11 Å². The smallest absolute Gasteiger partial charge is 0.266 e. The number of rotatable bonds is 5. The molecule has 3 aromatic rings. The molecule has 6 heteroatoms. The van der Waals surface area contributed by atoms with Crippen LogP contribution in [-0.4, -0.2) is 49.1 Å². The Hall–Kier alpha value is -2.70. The van der Waals surface area contributed by atoms with Crippen molar-refractivity contribution in [2.45, 2.75) is 13.5 Å². The van der Waals surface area contributed by atoms with Crippen molar-refractivity contribution < 1.29 is 14.4 Å². The van der Waals surface area contributed by atoms with Crippen molar-refractivity contribution in [2.24, 2.45) is 0 Å². The molecule has 0 aliphatic carbocycles. The lowest BCUT2D eigenvalue weighted by Gasteiger charge is -2.32. The van der Waals surface area contributed by atoms with Crippen LogP contribution in [0.15, 0.2) is 54.6 Å². The van der Waals surface area contributed by atoms with Crippen LogP contribution in [0.25, 0.3) is 11.3 Å². The summed E-state index contributed by atoms with van der Waals surface area (Å²) in [5.74, 6) is 0.992. The Kier molecular flexibility index (Phi) is 5.92. The summed E-state index contributed by atoms with van der Waals surface area (Å²) in [4.78, 5) is 22.1. The number of ether oxygens (including phenoxy) is 1. The number of piperazine rings is 1. The van der Waals surface area contributed by atoms with Crippen LogP contribution in [-0.2, 0) is 6.54 Å². The van der Waals surface area contributed by atoms with E-state index in [1.807, 2.05) is 54.3 Å². The van der Waals surface area contributed by atoms with Crippen molar-refractivity contribution in [1.29, 1.82) is 0 Å². The fraction of sp³-hybridized carbons (Fsp3) is 0.304. The molecule has 1 aliphatic heterocycles. The largest absolute Gasteiger partial charge is 0.497 e. The highest BCUT2D eigenvalue weighted by atomic mass is 32.1. The molecule has 0 bridgehead atoms. The molecule has 0 radical (unpaired) electrons. The minimum atomic E-state index is 0.109. The first kappa shape index (κ1) is 19.6. The number of carbonyl (C=O) groups is 1. The minimum Gasteiger partial charge on any atom is -0.497 e. The topological polar surface area (TPSA) is 46.9 Å². The first-order chi connectivity index (χ1) is 14.1. The van der Waals surface area contributed by atoms with Crippen LogP contribution in [0.3, 0.4) is 0 Å². The molecule has 150 valence electrons. The van der Waals surface area contributed by atoms with E-state index in [9.17, 15) is 4.79 Å². The van der Waals surface area contributed by atoms with E-state index in [1.165, 1.54) is 21.8 Å². The van der Waals surface area contributed by atoms with Gasteiger partial charge in [-0.3, -0.25) is 4.79 Å². The van der Waals surface area contributed by atoms with Gasteiger partial charge in [0.25, 0.3) is 5.91 Å². The van der Waals surface area contributed by atoms with E-state index >= 15 is 0 Å². The highest BCUT2D eigenvalue weighted by Crippen LogP contribution is 2.29. The van der Waals surface area contributed by atoms with Crippen molar-refractivity contribution in [1.82, 2.24) is 9.88 Å². The molecule has 2 aromatic carbocycles. The Morgan fingerprint density at radius 3 is 2.45 bits per heavy atom. The van der Waals surface area contributed by atoms with Crippen molar-refractivity contribution in [3.63, 3.8) is 0 Å². The summed E-state index contributed by atoms with van der Waals surface area (Å²) in [6.45, 7) is 6.39. The first-order valence-electron chi connectivity index (χ1n) is 9.92. The van der Waals surface area contributed by atoms with E-state index < -0.39 is 0 Å². The van der Waals surface area contributed by atoms with Crippen LogP contribution in [0.1, 0.15) is 20.2 Å². The molecular formula is C23H26N3O2S+. The third-order valence-electron chi connectivity index (χ3n) is 5.35. The van der Waals surface area contributed by atoms with Gasteiger partial charge in [0, 0.05) is 11.1 Å². The molecular weight excluding hydrogens is 382 g/mol. The van der Waals surface area contributed by atoms with Crippen LogP contribution < -0.4 is 9.64 Å². The quantitative estimate of drug-likeness (QED) is 0.706. The van der Waals surface area contributed by atoms with E-state index in [0.29, 0.717) is 0 Å². The zero-order valence-corrected chi connectivity index (χ0v) is 17.7. The average molecular weight is 409 g/mol. The summed E-state index contributed by atoms with van der Waals surface area (Å²) in [7, 11) is 1.68. The SMILES string of the molecule is COc1ccc(C[NH+]2CCN(C(=O)c3sc(C)nc3-c3ccccc3)CC2)cc1. The minimum absolute atomic E-state index is 0.109. The predicted molar refractivity (Wildman–Crippen MR) is 116 cm³/mol. The molecule has 0 unspecified atom stereocenters. The van der Waals surface area contributed by atoms with Crippen LogP contribution in [0.4, 0.5) is 0 Å². The van der Waals surface area contributed by atoms with Crippen LogP contribution in [0.5, 0.6) is 5.75 Å². The summed E-state index contributed by atoms with van der Waals surface area (Å²) < 4.78 is 5.23. The van der Waals surface area contributed by atoms with Gasteiger partial charge in [0.1, 0.15) is 17.2 Å². The number of amides is 1. The summed E-state index contributed by atoms with van der Waals surface area (Å²) in [6.07, 6.45) is 0. The number of aryl methyl sites for hydroxylation is 1. The van der Waals surface area contributed by atoms with Gasteiger partial charge in [0.15, 0.2) is 0 Å². The van der Waals surface area contributed by atoms with Gasteiger partial charge in [-0.2, -0.15) is 0 Å². The van der Waals surface area contributed by atoms with E-state index in [4.69, 9.17) is 4.74 Å². The molecule has 1 fully saturated rings. The summed E-state index contributed by atoms with van der Waals surface area (Å²) >= 11 is 1.50. The number of quaternary nitrogens is 1. The van der Waals surface area contributed by atoms with Gasteiger partial charge in [0.05, 0.1) is 44.0 Å². The Bertz CT molecular complexity index is 962. The number of nitrogens with zero attached hydrogens (tertiary/aromatic N) is 2. The number of hydrogen-bond acceptors (Lipinski definition) is 4.